The summed E-state index contributed by atoms with van der Waals surface area (Å²) >= 11 is 1.63. The molecule has 124 valence electrons. The molecule has 0 aliphatic carbocycles. The number of carbonyl (C=O) groups excluding carboxylic acids is 1. The minimum absolute atomic E-state index is 0.221. The van der Waals surface area contributed by atoms with E-state index in [0.717, 1.165) is 38.0 Å². The number of piperidine rings is 1. The van der Waals surface area contributed by atoms with E-state index in [9.17, 15) is 9.90 Å². The molecule has 1 N–H and O–H groups in total. The summed E-state index contributed by atoms with van der Waals surface area (Å²) in [4.78, 5) is 14.3. The van der Waals surface area contributed by atoms with E-state index in [0.29, 0.717) is 18.0 Å². The van der Waals surface area contributed by atoms with Crippen LogP contribution in [-0.2, 0) is 17.8 Å². The predicted molar refractivity (Wildman–Crippen MR) is 88.0 cm³/mol. The maximum Gasteiger partial charge on any atom is 0.227 e. The molecule has 1 aliphatic rings. The van der Waals surface area contributed by atoms with Gasteiger partial charge in [0.15, 0.2) is 0 Å². The number of aliphatic hydroxyl groups excluding tert-OH is 1. The highest BCUT2D eigenvalue weighted by Crippen LogP contribution is 2.20. The molecule has 0 aromatic carbocycles. The molecule has 1 amide bonds. The molecular weight excluding hydrogens is 312 g/mol. The van der Waals surface area contributed by atoms with Crippen LogP contribution in [0.15, 0.2) is 23.0 Å². The lowest BCUT2D eigenvalue weighted by Crippen LogP contribution is -2.40. The van der Waals surface area contributed by atoms with Crippen molar-refractivity contribution in [1.29, 1.82) is 0 Å². The molecule has 23 heavy (non-hydrogen) atoms. The van der Waals surface area contributed by atoms with Crippen LogP contribution in [0.5, 0.6) is 0 Å². The van der Waals surface area contributed by atoms with Gasteiger partial charge in [0.1, 0.15) is 5.69 Å². The van der Waals surface area contributed by atoms with Crippen molar-refractivity contribution < 1.29 is 9.90 Å². The Morgan fingerprint density at radius 3 is 2.87 bits per heavy atom. The van der Waals surface area contributed by atoms with Gasteiger partial charge in [-0.25, -0.2) is 0 Å². The quantitative estimate of drug-likeness (QED) is 0.906. The molecule has 3 heterocycles. The molecule has 0 radical (unpaired) electrons. The predicted octanol–water partition coefficient (Wildman–Crippen LogP) is 1.87. The van der Waals surface area contributed by atoms with Crippen LogP contribution < -0.4 is 0 Å². The molecule has 3 rings (SSSR count). The molecule has 0 spiro atoms. The van der Waals surface area contributed by atoms with Crippen molar-refractivity contribution >= 4 is 17.2 Å². The lowest BCUT2D eigenvalue weighted by Gasteiger charge is -2.32. The maximum absolute atomic E-state index is 12.3. The highest BCUT2D eigenvalue weighted by Gasteiger charge is 2.23. The van der Waals surface area contributed by atoms with Crippen molar-refractivity contribution in [2.75, 3.05) is 13.1 Å². The first-order valence-electron chi connectivity index (χ1n) is 7.99. The second-order valence-electron chi connectivity index (χ2n) is 6.17. The number of rotatable bonds is 5. The highest BCUT2D eigenvalue weighted by molar-refractivity contribution is 7.07. The first-order chi connectivity index (χ1) is 11.1. The third-order valence-corrected chi connectivity index (χ3v) is 5.06. The van der Waals surface area contributed by atoms with E-state index in [1.165, 1.54) is 0 Å². The van der Waals surface area contributed by atoms with E-state index in [4.69, 9.17) is 0 Å². The van der Waals surface area contributed by atoms with Gasteiger partial charge in [0.05, 0.1) is 18.7 Å². The van der Waals surface area contributed by atoms with Crippen molar-refractivity contribution in [2.24, 2.45) is 5.92 Å². The monoisotopic (exact) mass is 334 g/mol. The van der Waals surface area contributed by atoms with Crippen LogP contribution in [0.3, 0.4) is 0 Å². The van der Waals surface area contributed by atoms with Gasteiger partial charge in [-0.1, -0.05) is 5.21 Å². The van der Waals surface area contributed by atoms with Gasteiger partial charge in [0.25, 0.3) is 0 Å². The number of carbonyl (C=O) groups is 1. The summed E-state index contributed by atoms with van der Waals surface area (Å²) in [6.45, 7) is 4.11. The zero-order valence-electron chi connectivity index (χ0n) is 13.3. The summed E-state index contributed by atoms with van der Waals surface area (Å²) in [7, 11) is 0. The van der Waals surface area contributed by atoms with Crippen LogP contribution in [0.25, 0.3) is 0 Å². The Labute approximate surface area is 139 Å². The molecule has 1 aliphatic heterocycles. The first-order valence-corrected chi connectivity index (χ1v) is 8.93. The van der Waals surface area contributed by atoms with Gasteiger partial charge in [-0.3, -0.25) is 9.48 Å². The topological polar surface area (TPSA) is 71.2 Å². The van der Waals surface area contributed by atoms with E-state index in [1.54, 1.807) is 29.1 Å². The van der Waals surface area contributed by atoms with Gasteiger partial charge in [0, 0.05) is 19.6 Å². The van der Waals surface area contributed by atoms with E-state index >= 15 is 0 Å². The number of aliphatic hydroxyl groups is 1. The number of likely N-dealkylation sites (tertiary alicyclic amines) is 1. The standard InChI is InChI=1S/C16H22N4O2S/c1-12(21)15-10-20(18-17-15)9-13-2-5-19(6-3-13)16(22)8-14-4-7-23-11-14/h4,7,10-13,21H,2-3,5-6,8-9H2,1H3/t12-/m0/s1. The second-order valence-corrected chi connectivity index (χ2v) is 6.95. The molecule has 2 aromatic heterocycles. The van der Waals surface area contributed by atoms with E-state index in [-0.39, 0.29) is 5.91 Å². The largest absolute Gasteiger partial charge is 0.387 e. The van der Waals surface area contributed by atoms with Crippen LogP contribution in [-0.4, -0.2) is 44.0 Å². The number of amides is 1. The number of thiophene rings is 1. The minimum atomic E-state index is -0.583. The Balaban J connectivity index is 1.47. The Morgan fingerprint density at radius 1 is 1.48 bits per heavy atom. The molecule has 1 atom stereocenters. The zero-order valence-corrected chi connectivity index (χ0v) is 14.1. The lowest BCUT2D eigenvalue weighted by atomic mass is 9.96. The van der Waals surface area contributed by atoms with Crippen molar-refractivity contribution in [3.05, 3.63) is 34.3 Å². The molecule has 1 saturated heterocycles. The normalized spacial score (nSPS) is 17.4. The summed E-state index contributed by atoms with van der Waals surface area (Å²) in [5, 5.41) is 21.6. The van der Waals surface area contributed by atoms with Crippen molar-refractivity contribution in [2.45, 2.75) is 38.8 Å². The van der Waals surface area contributed by atoms with Gasteiger partial charge in [-0.2, -0.15) is 11.3 Å². The average molecular weight is 334 g/mol. The van der Waals surface area contributed by atoms with Gasteiger partial charge >= 0.3 is 0 Å². The highest BCUT2D eigenvalue weighted by atomic mass is 32.1. The van der Waals surface area contributed by atoms with Crippen molar-refractivity contribution in [3.8, 4) is 0 Å². The third kappa shape index (κ3) is 4.17. The third-order valence-electron chi connectivity index (χ3n) is 4.33. The van der Waals surface area contributed by atoms with E-state index in [1.807, 2.05) is 21.7 Å². The minimum Gasteiger partial charge on any atom is -0.387 e. The van der Waals surface area contributed by atoms with Crippen molar-refractivity contribution in [1.82, 2.24) is 19.9 Å². The summed E-state index contributed by atoms with van der Waals surface area (Å²) in [5.74, 6) is 0.725. The fraction of sp³-hybridized carbons (Fsp3) is 0.562. The van der Waals surface area contributed by atoms with Crippen LogP contribution in [0.1, 0.15) is 37.1 Å². The molecule has 0 saturated carbocycles. The van der Waals surface area contributed by atoms with Crippen LogP contribution in [0, 0.1) is 5.92 Å². The van der Waals surface area contributed by atoms with E-state index < -0.39 is 6.10 Å². The second kappa shape index (κ2) is 7.23. The van der Waals surface area contributed by atoms with Crippen molar-refractivity contribution in [3.63, 3.8) is 0 Å². The van der Waals surface area contributed by atoms with Gasteiger partial charge in [-0.15, -0.1) is 5.10 Å². The molecule has 6 nitrogen and oxygen atoms in total. The molecular formula is C16H22N4O2S. The number of hydrogen-bond donors (Lipinski definition) is 1. The van der Waals surface area contributed by atoms with E-state index in [2.05, 4.69) is 10.3 Å². The lowest BCUT2D eigenvalue weighted by molar-refractivity contribution is -0.131. The molecule has 1 fully saturated rings. The van der Waals surface area contributed by atoms with Crippen LogP contribution in [0.4, 0.5) is 0 Å². The van der Waals surface area contributed by atoms with Gasteiger partial charge < -0.3 is 10.0 Å². The fourth-order valence-corrected chi connectivity index (χ4v) is 3.57. The summed E-state index contributed by atoms with van der Waals surface area (Å²) in [6, 6.07) is 2.01. The molecule has 0 unspecified atom stereocenters. The number of hydrogen-bond acceptors (Lipinski definition) is 5. The van der Waals surface area contributed by atoms with Crippen LogP contribution in [0.2, 0.25) is 0 Å². The molecule has 2 aromatic rings. The average Bonchev–Trinajstić information content (AvgIpc) is 3.19. The summed E-state index contributed by atoms with van der Waals surface area (Å²) in [6.07, 6.45) is 3.70. The molecule has 0 bridgehead atoms. The molecule has 7 heteroatoms. The van der Waals surface area contributed by atoms with Gasteiger partial charge in [-0.05, 0) is 48.1 Å². The number of nitrogens with zero attached hydrogens (tertiary/aromatic N) is 4. The zero-order chi connectivity index (χ0) is 16.2. The summed E-state index contributed by atoms with van der Waals surface area (Å²) in [5.41, 5.74) is 1.71. The Kier molecular flexibility index (Phi) is 5.07. The summed E-state index contributed by atoms with van der Waals surface area (Å²) < 4.78 is 1.80. The maximum atomic E-state index is 12.3. The number of aromatic nitrogens is 3. The SMILES string of the molecule is C[C@H](O)c1cn(CC2CCN(C(=O)Cc3ccsc3)CC2)nn1. The smallest absolute Gasteiger partial charge is 0.227 e. The first kappa shape index (κ1) is 16.1. The Hall–Kier alpha value is -1.73. The van der Waals surface area contributed by atoms with Gasteiger partial charge in [0.2, 0.25) is 5.91 Å². The Bertz CT molecular complexity index is 630. The fourth-order valence-electron chi connectivity index (χ4n) is 2.90. The Morgan fingerprint density at radius 2 is 2.26 bits per heavy atom. The van der Waals surface area contributed by atoms with Crippen LogP contribution >= 0.6 is 11.3 Å².